The standard InChI is InChI=1S/C14H16N4.ClH/c1-18(2)14-9-7-13(8-10-14)17-16-12-5-3-11(15)4-6-12;/h3-10H,15H2,1-2H3;1H/b17-16+;. The minimum atomic E-state index is 0. The summed E-state index contributed by atoms with van der Waals surface area (Å²) in [6, 6.07) is 15.2. The minimum absolute atomic E-state index is 0. The number of nitrogens with two attached hydrogens (primary N) is 1. The Labute approximate surface area is 119 Å². The van der Waals surface area contributed by atoms with E-state index in [2.05, 4.69) is 10.2 Å². The molecule has 2 rings (SSSR count). The van der Waals surface area contributed by atoms with Crippen LogP contribution < -0.4 is 10.6 Å². The second-order valence-corrected chi connectivity index (χ2v) is 4.20. The van der Waals surface area contributed by atoms with Crippen molar-refractivity contribution >= 4 is 35.2 Å². The van der Waals surface area contributed by atoms with Gasteiger partial charge in [0.25, 0.3) is 0 Å². The maximum Gasteiger partial charge on any atom is 0.0858 e. The van der Waals surface area contributed by atoms with Crippen LogP contribution in [0.15, 0.2) is 58.8 Å². The Morgan fingerprint density at radius 2 is 1.21 bits per heavy atom. The van der Waals surface area contributed by atoms with Crippen LogP contribution in [0.4, 0.5) is 22.7 Å². The van der Waals surface area contributed by atoms with Crippen LogP contribution in [0.2, 0.25) is 0 Å². The van der Waals surface area contributed by atoms with E-state index in [1.807, 2.05) is 67.5 Å². The summed E-state index contributed by atoms with van der Waals surface area (Å²) in [6.07, 6.45) is 0. The molecule has 0 spiro atoms. The van der Waals surface area contributed by atoms with Gasteiger partial charge in [-0.2, -0.15) is 10.2 Å². The highest BCUT2D eigenvalue weighted by Crippen LogP contribution is 2.21. The maximum atomic E-state index is 5.60. The number of anilines is 2. The predicted octanol–water partition coefficient (Wildman–Crippen LogP) is 4.17. The lowest BCUT2D eigenvalue weighted by Gasteiger charge is -2.11. The lowest BCUT2D eigenvalue weighted by Crippen LogP contribution is -2.07. The summed E-state index contributed by atoms with van der Waals surface area (Å²) < 4.78 is 0. The molecule has 0 fully saturated rings. The van der Waals surface area contributed by atoms with E-state index in [4.69, 9.17) is 5.73 Å². The molecule has 100 valence electrons. The van der Waals surface area contributed by atoms with E-state index in [1.54, 1.807) is 0 Å². The van der Waals surface area contributed by atoms with Crippen molar-refractivity contribution in [2.75, 3.05) is 24.7 Å². The van der Waals surface area contributed by atoms with Gasteiger partial charge in [-0.1, -0.05) is 0 Å². The number of halogens is 1. The summed E-state index contributed by atoms with van der Waals surface area (Å²) in [5.74, 6) is 0. The maximum absolute atomic E-state index is 5.60. The molecule has 5 heteroatoms. The van der Waals surface area contributed by atoms with Gasteiger partial charge in [-0.25, -0.2) is 0 Å². The van der Waals surface area contributed by atoms with E-state index in [9.17, 15) is 0 Å². The number of rotatable bonds is 3. The molecular weight excluding hydrogens is 260 g/mol. The molecule has 0 saturated carbocycles. The molecule has 0 aliphatic rings. The van der Waals surface area contributed by atoms with Crippen molar-refractivity contribution in [3.63, 3.8) is 0 Å². The molecule has 4 nitrogen and oxygen atoms in total. The Balaban J connectivity index is 0.00000180. The molecule has 0 bridgehead atoms. The molecule has 0 saturated heterocycles. The summed E-state index contributed by atoms with van der Waals surface area (Å²) in [7, 11) is 4.01. The first-order chi connectivity index (χ1) is 8.65. The Morgan fingerprint density at radius 1 is 0.789 bits per heavy atom. The topological polar surface area (TPSA) is 54.0 Å². The third kappa shape index (κ3) is 4.26. The highest BCUT2D eigenvalue weighted by Gasteiger charge is 1.95. The van der Waals surface area contributed by atoms with Crippen molar-refractivity contribution < 1.29 is 0 Å². The number of benzene rings is 2. The van der Waals surface area contributed by atoms with Crippen molar-refractivity contribution in [1.29, 1.82) is 0 Å². The molecule has 0 atom stereocenters. The van der Waals surface area contributed by atoms with Crippen LogP contribution in [0.25, 0.3) is 0 Å². The van der Waals surface area contributed by atoms with E-state index < -0.39 is 0 Å². The van der Waals surface area contributed by atoms with Crippen LogP contribution in [-0.2, 0) is 0 Å². The number of hydrogen-bond donors (Lipinski definition) is 1. The molecule has 0 heterocycles. The van der Waals surface area contributed by atoms with E-state index in [1.165, 1.54) is 0 Å². The SMILES string of the molecule is CN(C)c1ccc(/N=N/c2ccc(N)cc2)cc1.Cl. The van der Waals surface area contributed by atoms with Crippen LogP contribution in [0.5, 0.6) is 0 Å². The quantitative estimate of drug-likeness (QED) is 0.676. The first-order valence-corrected chi connectivity index (χ1v) is 5.70. The van der Waals surface area contributed by atoms with E-state index in [0.29, 0.717) is 0 Å². The number of hydrogen-bond acceptors (Lipinski definition) is 4. The Morgan fingerprint density at radius 3 is 1.63 bits per heavy atom. The van der Waals surface area contributed by atoms with Gasteiger partial charge in [0.15, 0.2) is 0 Å². The van der Waals surface area contributed by atoms with E-state index in [0.717, 1.165) is 22.7 Å². The number of nitrogens with zero attached hydrogens (tertiary/aromatic N) is 3. The average Bonchev–Trinajstić information content (AvgIpc) is 2.38. The average molecular weight is 277 g/mol. The largest absolute Gasteiger partial charge is 0.399 e. The normalized spacial score (nSPS) is 10.2. The molecule has 0 radical (unpaired) electrons. The Kier molecular flexibility index (Phi) is 5.33. The first-order valence-electron chi connectivity index (χ1n) is 5.70. The number of azo groups is 1. The molecule has 2 aromatic rings. The molecule has 0 aliphatic heterocycles. The molecule has 0 aliphatic carbocycles. The van der Waals surface area contributed by atoms with Gasteiger partial charge in [0, 0.05) is 25.5 Å². The third-order valence-electron chi connectivity index (χ3n) is 2.54. The first kappa shape index (κ1) is 15.0. The fraction of sp³-hybridized carbons (Fsp3) is 0.143. The van der Waals surface area contributed by atoms with Crippen molar-refractivity contribution in [2.24, 2.45) is 10.2 Å². The van der Waals surface area contributed by atoms with Crippen molar-refractivity contribution in [3.8, 4) is 0 Å². The van der Waals surface area contributed by atoms with Crippen LogP contribution in [0, 0.1) is 0 Å². The van der Waals surface area contributed by atoms with Crippen LogP contribution in [0.1, 0.15) is 0 Å². The van der Waals surface area contributed by atoms with Crippen molar-refractivity contribution in [1.82, 2.24) is 0 Å². The minimum Gasteiger partial charge on any atom is -0.399 e. The Bertz CT molecular complexity index is 532. The highest BCUT2D eigenvalue weighted by molar-refractivity contribution is 5.85. The van der Waals surface area contributed by atoms with Gasteiger partial charge in [0.05, 0.1) is 11.4 Å². The van der Waals surface area contributed by atoms with Gasteiger partial charge in [-0.3, -0.25) is 0 Å². The molecule has 19 heavy (non-hydrogen) atoms. The fourth-order valence-electron chi connectivity index (χ4n) is 1.47. The number of nitrogen functional groups attached to an aromatic ring is 1. The molecule has 0 aromatic heterocycles. The predicted molar refractivity (Wildman–Crippen MR) is 83.0 cm³/mol. The van der Waals surface area contributed by atoms with Gasteiger partial charge >= 0.3 is 0 Å². The van der Waals surface area contributed by atoms with Gasteiger partial charge in [0.2, 0.25) is 0 Å². The van der Waals surface area contributed by atoms with Gasteiger partial charge in [-0.15, -0.1) is 12.4 Å². The van der Waals surface area contributed by atoms with Crippen LogP contribution in [0.3, 0.4) is 0 Å². The molecule has 2 aromatic carbocycles. The zero-order chi connectivity index (χ0) is 13.0. The van der Waals surface area contributed by atoms with E-state index in [-0.39, 0.29) is 12.4 Å². The zero-order valence-corrected chi connectivity index (χ0v) is 11.8. The third-order valence-corrected chi connectivity index (χ3v) is 2.54. The van der Waals surface area contributed by atoms with Crippen LogP contribution in [-0.4, -0.2) is 14.1 Å². The van der Waals surface area contributed by atoms with Crippen molar-refractivity contribution in [3.05, 3.63) is 48.5 Å². The summed E-state index contributed by atoms with van der Waals surface area (Å²) in [5.41, 5.74) is 9.09. The second kappa shape index (κ2) is 6.75. The fourth-order valence-corrected chi connectivity index (χ4v) is 1.47. The Hall–Kier alpha value is -2.07. The summed E-state index contributed by atoms with van der Waals surface area (Å²) in [5, 5.41) is 8.32. The van der Waals surface area contributed by atoms with Crippen LogP contribution >= 0.6 is 12.4 Å². The second-order valence-electron chi connectivity index (χ2n) is 4.20. The molecule has 0 unspecified atom stereocenters. The van der Waals surface area contributed by atoms with Gasteiger partial charge in [-0.05, 0) is 48.5 Å². The molecular formula is C14H17ClN4. The lowest BCUT2D eigenvalue weighted by atomic mass is 10.3. The van der Waals surface area contributed by atoms with Crippen molar-refractivity contribution in [2.45, 2.75) is 0 Å². The molecule has 2 N–H and O–H groups in total. The summed E-state index contributed by atoms with van der Waals surface area (Å²) in [4.78, 5) is 2.04. The molecule has 0 amide bonds. The highest BCUT2D eigenvalue weighted by atomic mass is 35.5. The lowest BCUT2D eigenvalue weighted by molar-refractivity contribution is 1.13. The smallest absolute Gasteiger partial charge is 0.0858 e. The van der Waals surface area contributed by atoms with Gasteiger partial charge < -0.3 is 10.6 Å². The summed E-state index contributed by atoms with van der Waals surface area (Å²) >= 11 is 0. The van der Waals surface area contributed by atoms with Gasteiger partial charge in [0.1, 0.15) is 0 Å². The monoisotopic (exact) mass is 276 g/mol. The zero-order valence-electron chi connectivity index (χ0n) is 10.9. The summed E-state index contributed by atoms with van der Waals surface area (Å²) in [6.45, 7) is 0. The van der Waals surface area contributed by atoms with E-state index >= 15 is 0 Å².